The summed E-state index contributed by atoms with van der Waals surface area (Å²) in [5.74, 6) is -1.52. The van der Waals surface area contributed by atoms with Crippen LogP contribution in [0.15, 0.2) is 42.5 Å². The van der Waals surface area contributed by atoms with Gasteiger partial charge in [-0.1, -0.05) is 29.8 Å². The Hall–Kier alpha value is -2.86. The van der Waals surface area contributed by atoms with Gasteiger partial charge in [-0.2, -0.15) is 0 Å². The van der Waals surface area contributed by atoms with Gasteiger partial charge in [0.25, 0.3) is 0 Å². The highest BCUT2D eigenvalue weighted by Crippen LogP contribution is 2.30. The van der Waals surface area contributed by atoms with E-state index in [2.05, 4.69) is 5.32 Å². The van der Waals surface area contributed by atoms with Crippen LogP contribution < -0.4 is 10.2 Å². The number of aryl methyl sites for hydroxylation is 1. The van der Waals surface area contributed by atoms with E-state index in [-0.39, 0.29) is 24.8 Å². The van der Waals surface area contributed by atoms with Crippen molar-refractivity contribution in [3.05, 3.63) is 58.6 Å². The largest absolute Gasteiger partial charge is 0.465 e. The van der Waals surface area contributed by atoms with Crippen molar-refractivity contribution in [2.75, 3.05) is 23.9 Å². The number of carbonyl (C=O) groups excluding carboxylic acids is 3. The number of carbonyl (C=O) groups is 3. The van der Waals surface area contributed by atoms with Crippen molar-refractivity contribution in [2.24, 2.45) is 5.92 Å². The Kier molecular flexibility index (Phi) is 5.46. The van der Waals surface area contributed by atoms with E-state index in [1.807, 2.05) is 13.0 Å². The Balaban J connectivity index is 1.79. The van der Waals surface area contributed by atoms with Crippen molar-refractivity contribution in [1.29, 1.82) is 0 Å². The zero-order valence-corrected chi connectivity index (χ0v) is 15.7. The van der Waals surface area contributed by atoms with Gasteiger partial charge >= 0.3 is 5.97 Å². The van der Waals surface area contributed by atoms with Gasteiger partial charge in [0, 0.05) is 23.7 Å². The fourth-order valence-electron chi connectivity index (χ4n) is 3.07. The number of hydrogen-bond donors (Lipinski definition) is 1. The van der Waals surface area contributed by atoms with Gasteiger partial charge in [0.2, 0.25) is 11.8 Å². The van der Waals surface area contributed by atoms with E-state index in [1.54, 1.807) is 36.4 Å². The molecule has 1 heterocycles. The molecule has 1 aliphatic rings. The first kappa shape index (κ1) is 18.9. The molecule has 2 amide bonds. The monoisotopic (exact) mass is 386 g/mol. The molecule has 0 aromatic heterocycles. The van der Waals surface area contributed by atoms with E-state index in [1.165, 1.54) is 12.0 Å². The number of esters is 1. The highest BCUT2D eigenvalue weighted by Gasteiger charge is 2.36. The maximum atomic E-state index is 12.7. The number of nitrogens with one attached hydrogen (secondary N) is 1. The van der Waals surface area contributed by atoms with Crippen LogP contribution in [-0.2, 0) is 14.3 Å². The Morgan fingerprint density at radius 1 is 1.22 bits per heavy atom. The summed E-state index contributed by atoms with van der Waals surface area (Å²) in [6, 6.07) is 11.9. The van der Waals surface area contributed by atoms with Crippen molar-refractivity contribution in [1.82, 2.24) is 0 Å². The molecule has 2 aromatic rings. The second-order valence-electron chi connectivity index (χ2n) is 6.36. The number of benzene rings is 2. The predicted octanol–water partition coefficient (Wildman–Crippen LogP) is 3.43. The van der Waals surface area contributed by atoms with Crippen LogP contribution in [0.5, 0.6) is 0 Å². The van der Waals surface area contributed by atoms with Gasteiger partial charge in [-0.25, -0.2) is 4.79 Å². The number of para-hydroxylation sites is 1. The van der Waals surface area contributed by atoms with Crippen molar-refractivity contribution in [3.63, 3.8) is 0 Å². The van der Waals surface area contributed by atoms with E-state index in [4.69, 9.17) is 16.3 Å². The minimum absolute atomic E-state index is 0.0704. The molecular weight excluding hydrogens is 368 g/mol. The zero-order valence-electron chi connectivity index (χ0n) is 15.0. The summed E-state index contributed by atoms with van der Waals surface area (Å²) in [6.07, 6.45) is 0.0704. The number of anilines is 2. The van der Waals surface area contributed by atoms with Gasteiger partial charge in [0.1, 0.15) is 0 Å². The molecule has 7 heteroatoms. The normalized spacial score (nSPS) is 16.3. The average molecular weight is 387 g/mol. The summed E-state index contributed by atoms with van der Waals surface area (Å²) in [7, 11) is 1.29. The molecule has 0 saturated carbocycles. The molecule has 27 heavy (non-hydrogen) atoms. The third-order valence-electron chi connectivity index (χ3n) is 4.55. The minimum Gasteiger partial charge on any atom is -0.465 e. The van der Waals surface area contributed by atoms with Crippen molar-refractivity contribution >= 4 is 40.8 Å². The molecule has 3 rings (SSSR count). The number of halogens is 1. The van der Waals surface area contributed by atoms with Crippen LogP contribution in [0, 0.1) is 12.8 Å². The highest BCUT2D eigenvalue weighted by molar-refractivity contribution is 6.31. The number of nitrogens with zero attached hydrogens (tertiary/aromatic N) is 1. The third-order valence-corrected chi connectivity index (χ3v) is 4.79. The first-order chi connectivity index (χ1) is 12.9. The Morgan fingerprint density at radius 2 is 1.96 bits per heavy atom. The van der Waals surface area contributed by atoms with Crippen LogP contribution in [0.4, 0.5) is 11.4 Å². The summed E-state index contributed by atoms with van der Waals surface area (Å²) in [4.78, 5) is 38.6. The fourth-order valence-corrected chi connectivity index (χ4v) is 3.24. The number of amides is 2. The molecule has 6 nitrogen and oxygen atoms in total. The molecule has 1 N–H and O–H groups in total. The maximum Gasteiger partial charge on any atom is 0.339 e. The van der Waals surface area contributed by atoms with Crippen LogP contribution in [-0.4, -0.2) is 31.4 Å². The lowest BCUT2D eigenvalue weighted by molar-refractivity contribution is -0.122. The zero-order chi connectivity index (χ0) is 19.6. The van der Waals surface area contributed by atoms with Crippen molar-refractivity contribution < 1.29 is 19.1 Å². The molecule has 1 aliphatic heterocycles. The predicted molar refractivity (Wildman–Crippen MR) is 103 cm³/mol. The van der Waals surface area contributed by atoms with Crippen LogP contribution in [0.2, 0.25) is 5.02 Å². The summed E-state index contributed by atoms with van der Waals surface area (Å²) >= 11 is 5.99. The minimum atomic E-state index is -0.527. The molecule has 0 spiro atoms. The Morgan fingerprint density at radius 3 is 2.70 bits per heavy atom. The molecule has 1 atom stereocenters. The van der Waals surface area contributed by atoms with Gasteiger partial charge in [-0.05, 0) is 36.8 Å². The van der Waals surface area contributed by atoms with E-state index in [0.29, 0.717) is 22.0 Å². The van der Waals surface area contributed by atoms with Crippen LogP contribution in [0.3, 0.4) is 0 Å². The summed E-state index contributed by atoms with van der Waals surface area (Å²) in [6.45, 7) is 2.06. The van der Waals surface area contributed by atoms with E-state index in [0.717, 1.165) is 5.56 Å². The molecule has 1 saturated heterocycles. The molecule has 0 aliphatic carbocycles. The SMILES string of the molecule is COC(=O)c1ccccc1N1CC(C(=O)Nc2cc(Cl)ccc2C)CC1=O. The van der Waals surface area contributed by atoms with Gasteiger partial charge in [0.05, 0.1) is 24.3 Å². The first-order valence-corrected chi connectivity index (χ1v) is 8.83. The van der Waals surface area contributed by atoms with Crippen molar-refractivity contribution in [3.8, 4) is 0 Å². The summed E-state index contributed by atoms with van der Waals surface area (Å²) in [5.41, 5.74) is 2.24. The van der Waals surface area contributed by atoms with E-state index in [9.17, 15) is 14.4 Å². The van der Waals surface area contributed by atoms with Gasteiger partial charge in [-0.3, -0.25) is 9.59 Å². The standard InChI is InChI=1S/C20H19ClN2O4/c1-12-7-8-14(21)10-16(12)22-19(25)13-9-18(24)23(11-13)17-6-4-3-5-15(17)20(26)27-2/h3-8,10,13H,9,11H2,1-2H3,(H,22,25). The summed E-state index contributed by atoms with van der Waals surface area (Å²) < 4.78 is 4.78. The Bertz CT molecular complexity index is 913. The third kappa shape index (κ3) is 3.95. The van der Waals surface area contributed by atoms with E-state index >= 15 is 0 Å². The second-order valence-corrected chi connectivity index (χ2v) is 6.80. The number of rotatable bonds is 4. The van der Waals surface area contributed by atoms with Crippen LogP contribution >= 0.6 is 11.6 Å². The van der Waals surface area contributed by atoms with Crippen LogP contribution in [0.25, 0.3) is 0 Å². The molecule has 1 fully saturated rings. The van der Waals surface area contributed by atoms with Gasteiger partial charge in [-0.15, -0.1) is 0 Å². The second kappa shape index (κ2) is 7.80. The fraction of sp³-hybridized carbons (Fsp3) is 0.250. The van der Waals surface area contributed by atoms with Crippen molar-refractivity contribution in [2.45, 2.75) is 13.3 Å². The molecule has 140 valence electrons. The van der Waals surface area contributed by atoms with Gasteiger partial charge < -0.3 is 15.0 Å². The molecular formula is C20H19ClN2O4. The smallest absolute Gasteiger partial charge is 0.339 e. The maximum absolute atomic E-state index is 12.7. The highest BCUT2D eigenvalue weighted by atomic mass is 35.5. The number of methoxy groups -OCH3 is 1. The van der Waals surface area contributed by atoms with E-state index < -0.39 is 11.9 Å². The lowest BCUT2D eigenvalue weighted by Gasteiger charge is -2.19. The molecule has 2 aromatic carbocycles. The van der Waals surface area contributed by atoms with Gasteiger partial charge in [0.15, 0.2) is 0 Å². The lowest BCUT2D eigenvalue weighted by Crippen LogP contribution is -2.29. The average Bonchev–Trinajstić information content (AvgIpc) is 3.05. The lowest BCUT2D eigenvalue weighted by atomic mass is 10.1. The quantitative estimate of drug-likeness (QED) is 0.817. The Labute approximate surface area is 162 Å². The molecule has 0 bridgehead atoms. The molecule has 1 unspecified atom stereocenters. The van der Waals surface area contributed by atoms with Crippen LogP contribution in [0.1, 0.15) is 22.3 Å². The molecule has 0 radical (unpaired) electrons. The number of hydrogen-bond acceptors (Lipinski definition) is 4. The number of ether oxygens (including phenoxy) is 1. The first-order valence-electron chi connectivity index (χ1n) is 8.45. The topological polar surface area (TPSA) is 75.7 Å². The summed E-state index contributed by atoms with van der Waals surface area (Å²) in [5, 5.41) is 3.36.